The lowest BCUT2D eigenvalue weighted by Crippen LogP contribution is -2.40. The maximum Gasteiger partial charge on any atom is 0.122 e. The Balaban J connectivity index is 2.17. The van der Waals surface area contributed by atoms with E-state index in [-0.39, 0.29) is 12.0 Å². The van der Waals surface area contributed by atoms with Gasteiger partial charge in [0.2, 0.25) is 0 Å². The third kappa shape index (κ3) is 3.02. The number of nitriles is 1. The molecule has 5 heteroatoms. The van der Waals surface area contributed by atoms with Crippen LogP contribution in [0, 0.1) is 17.2 Å². The van der Waals surface area contributed by atoms with Gasteiger partial charge >= 0.3 is 0 Å². The molecule has 0 aromatic rings. The molecule has 0 aromatic carbocycles. The first-order chi connectivity index (χ1) is 9.99. The van der Waals surface area contributed by atoms with Crippen molar-refractivity contribution in [1.29, 1.82) is 5.26 Å². The fourth-order valence-electron chi connectivity index (χ4n) is 2.78. The number of aliphatic hydroxyl groups excluding tert-OH is 2. The summed E-state index contributed by atoms with van der Waals surface area (Å²) in [4.78, 5) is 0. The van der Waals surface area contributed by atoms with Crippen LogP contribution in [0.15, 0.2) is 28.4 Å². The molecule has 4 atom stereocenters. The third-order valence-electron chi connectivity index (χ3n) is 4.42. The lowest BCUT2D eigenvalue weighted by molar-refractivity contribution is 0.0642. The van der Waals surface area contributed by atoms with Gasteiger partial charge in [0.1, 0.15) is 12.1 Å². The van der Waals surface area contributed by atoms with Crippen molar-refractivity contribution in [3.05, 3.63) is 23.3 Å². The molecule has 1 saturated heterocycles. The molecule has 0 spiro atoms. The maximum absolute atomic E-state index is 10.3. The Bertz CT molecular complexity index is 530. The van der Waals surface area contributed by atoms with Crippen molar-refractivity contribution in [1.82, 2.24) is 5.01 Å². The zero-order chi connectivity index (χ0) is 15.6. The summed E-state index contributed by atoms with van der Waals surface area (Å²) in [5.41, 5.74) is 2.15. The predicted octanol–water partition coefficient (Wildman–Crippen LogP) is 1.59. The smallest absolute Gasteiger partial charge is 0.122 e. The SMILES string of the molecule is CCC(C)/C(C#N)=C\C=C(/C)C1=NN2CC[C@H](O)[C@H]2[C@@H]1O. The summed E-state index contributed by atoms with van der Waals surface area (Å²) in [5.74, 6) is 0.222. The number of hydrogen-bond acceptors (Lipinski definition) is 5. The highest BCUT2D eigenvalue weighted by molar-refractivity contribution is 6.04. The van der Waals surface area contributed by atoms with Crippen molar-refractivity contribution in [2.75, 3.05) is 6.54 Å². The van der Waals surface area contributed by atoms with Crippen molar-refractivity contribution < 1.29 is 10.2 Å². The number of nitrogens with zero attached hydrogens (tertiary/aromatic N) is 3. The second kappa shape index (κ2) is 6.42. The molecule has 0 bridgehead atoms. The van der Waals surface area contributed by atoms with Crippen LogP contribution in [0.25, 0.3) is 0 Å². The summed E-state index contributed by atoms with van der Waals surface area (Å²) in [6.07, 6.45) is 3.91. The zero-order valence-corrected chi connectivity index (χ0v) is 12.8. The van der Waals surface area contributed by atoms with E-state index >= 15 is 0 Å². The van der Waals surface area contributed by atoms with Gasteiger partial charge in [0.05, 0.1) is 17.9 Å². The standard InChI is InChI=1S/C16H23N3O2/c1-4-10(2)12(9-17)6-5-11(3)14-16(21)15-13(20)7-8-19(15)18-14/h5-6,10,13,15-16,20-21H,4,7-8H2,1-3H3/b11-5+,12-6-/t10?,13-,15-,16+/m0/s1. The van der Waals surface area contributed by atoms with Crippen molar-refractivity contribution in [2.24, 2.45) is 11.0 Å². The van der Waals surface area contributed by atoms with Crippen molar-refractivity contribution in [3.8, 4) is 6.07 Å². The summed E-state index contributed by atoms with van der Waals surface area (Å²) >= 11 is 0. The van der Waals surface area contributed by atoms with Crippen LogP contribution in [0.1, 0.15) is 33.6 Å². The van der Waals surface area contributed by atoms with Gasteiger partial charge in [-0.2, -0.15) is 10.4 Å². The van der Waals surface area contributed by atoms with E-state index in [0.29, 0.717) is 18.7 Å². The van der Waals surface area contributed by atoms with E-state index in [4.69, 9.17) is 5.26 Å². The molecule has 0 amide bonds. The number of aliphatic hydroxyl groups is 2. The lowest BCUT2D eigenvalue weighted by atomic mass is 9.96. The van der Waals surface area contributed by atoms with E-state index in [0.717, 1.165) is 17.6 Å². The van der Waals surface area contributed by atoms with Crippen LogP contribution in [-0.4, -0.2) is 45.7 Å². The molecule has 5 nitrogen and oxygen atoms in total. The molecular weight excluding hydrogens is 266 g/mol. The number of hydrazone groups is 1. The minimum atomic E-state index is -0.763. The molecule has 1 fully saturated rings. The quantitative estimate of drug-likeness (QED) is 0.608. The Labute approximate surface area is 125 Å². The van der Waals surface area contributed by atoms with Gasteiger partial charge in [0, 0.05) is 12.1 Å². The summed E-state index contributed by atoms with van der Waals surface area (Å²) in [7, 11) is 0. The van der Waals surface area contributed by atoms with Crippen LogP contribution >= 0.6 is 0 Å². The largest absolute Gasteiger partial charge is 0.391 e. The Hall–Kier alpha value is -1.64. The van der Waals surface area contributed by atoms with E-state index < -0.39 is 12.2 Å². The first kappa shape index (κ1) is 15.7. The molecule has 2 heterocycles. The molecule has 21 heavy (non-hydrogen) atoms. The minimum absolute atomic E-state index is 0.222. The first-order valence-electron chi connectivity index (χ1n) is 7.49. The average Bonchev–Trinajstić information content (AvgIpc) is 3.00. The van der Waals surface area contributed by atoms with Gasteiger partial charge in [-0.1, -0.05) is 19.9 Å². The predicted molar refractivity (Wildman–Crippen MR) is 81.5 cm³/mol. The molecular formula is C16H23N3O2. The third-order valence-corrected chi connectivity index (χ3v) is 4.42. The molecule has 0 saturated carbocycles. The normalized spacial score (nSPS) is 31.0. The molecule has 0 aromatic heterocycles. The van der Waals surface area contributed by atoms with Gasteiger partial charge in [0.25, 0.3) is 0 Å². The molecule has 0 radical (unpaired) electrons. The fraction of sp³-hybridized carbons (Fsp3) is 0.625. The second-order valence-electron chi connectivity index (χ2n) is 5.83. The highest BCUT2D eigenvalue weighted by Gasteiger charge is 2.44. The molecule has 1 unspecified atom stereocenters. The Morgan fingerprint density at radius 2 is 2.24 bits per heavy atom. The Morgan fingerprint density at radius 1 is 1.52 bits per heavy atom. The van der Waals surface area contributed by atoms with Crippen LogP contribution in [0.3, 0.4) is 0 Å². The number of hydrogen-bond donors (Lipinski definition) is 2. The number of rotatable bonds is 4. The van der Waals surface area contributed by atoms with Crippen molar-refractivity contribution in [3.63, 3.8) is 0 Å². The topological polar surface area (TPSA) is 79.9 Å². The van der Waals surface area contributed by atoms with E-state index in [1.165, 1.54) is 0 Å². The highest BCUT2D eigenvalue weighted by Crippen LogP contribution is 2.29. The maximum atomic E-state index is 10.3. The monoisotopic (exact) mass is 289 g/mol. The summed E-state index contributed by atoms with van der Waals surface area (Å²) in [6, 6.07) is 1.90. The Morgan fingerprint density at radius 3 is 2.81 bits per heavy atom. The van der Waals surface area contributed by atoms with Crippen LogP contribution in [0.4, 0.5) is 0 Å². The van der Waals surface area contributed by atoms with Crippen LogP contribution in [-0.2, 0) is 0 Å². The van der Waals surface area contributed by atoms with Crippen LogP contribution in [0.5, 0.6) is 0 Å². The molecule has 2 N–H and O–H groups in total. The van der Waals surface area contributed by atoms with Crippen LogP contribution < -0.4 is 0 Å². The molecule has 2 aliphatic heterocycles. The van der Waals surface area contributed by atoms with Crippen molar-refractivity contribution >= 4 is 5.71 Å². The van der Waals surface area contributed by atoms with E-state index in [1.54, 1.807) is 11.1 Å². The first-order valence-corrected chi connectivity index (χ1v) is 7.49. The molecule has 114 valence electrons. The summed E-state index contributed by atoms with van der Waals surface area (Å²) < 4.78 is 0. The Kier molecular flexibility index (Phi) is 4.81. The molecule has 0 aliphatic carbocycles. The van der Waals surface area contributed by atoms with Gasteiger partial charge < -0.3 is 10.2 Å². The van der Waals surface area contributed by atoms with E-state index in [2.05, 4.69) is 11.2 Å². The van der Waals surface area contributed by atoms with Gasteiger partial charge in [-0.15, -0.1) is 0 Å². The fourth-order valence-corrected chi connectivity index (χ4v) is 2.78. The zero-order valence-electron chi connectivity index (χ0n) is 12.8. The van der Waals surface area contributed by atoms with Gasteiger partial charge in [-0.05, 0) is 37.3 Å². The van der Waals surface area contributed by atoms with Crippen LogP contribution in [0.2, 0.25) is 0 Å². The van der Waals surface area contributed by atoms with Gasteiger partial charge in [-0.3, -0.25) is 5.01 Å². The summed E-state index contributed by atoms with van der Waals surface area (Å²) in [6.45, 7) is 6.62. The lowest BCUT2D eigenvalue weighted by Gasteiger charge is -2.19. The number of allylic oxidation sites excluding steroid dienone is 3. The summed E-state index contributed by atoms with van der Waals surface area (Å²) in [5, 5.41) is 35.5. The van der Waals surface area contributed by atoms with Crippen molar-refractivity contribution in [2.45, 2.75) is 51.9 Å². The average molecular weight is 289 g/mol. The minimum Gasteiger partial charge on any atom is -0.391 e. The van der Waals surface area contributed by atoms with Gasteiger partial charge in [-0.25, -0.2) is 0 Å². The molecule has 2 aliphatic rings. The van der Waals surface area contributed by atoms with E-state index in [9.17, 15) is 10.2 Å². The second-order valence-corrected chi connectivity index (χ2v) is 5.83. The highest BCUT2D eigenvalue weighted by atomic mass is 16.3. The molecule has 2 rings (SSSR count). The van der Waals surface area contributed by atoms with Gasteiger partial charge in [0.15, 0.2) is 0 Å². The number of fused-ring (bicyclic) bond motifs is 1. The van der Waals surface area contributed by atoms with E-state index in [1.807, 2.05) is 26.8 Å².